The summed E-state index contributed by atoms with van der Waals surface area (Å²) >= 11 is 0. The maximum Gasteiger partial charge on any atom is 0.123 e. The van der Waals surface area contributed by atoms with Gasteiger partial charge in [-0.25, -0.2) is 0 Å². The molecule has 0 aliphatic heterocycles. The Bertz CT molecular complexity index is 419. The number of aliphatic hydroxyl groups excluding tert-OH is 1. The first-order valence-corrected chi connectivity index (χ1v) is 7.65. The minimum atomic E-state index is 0.227. The summed E-state index contributed by atoms with van der Waals surface area (Å²) in [6, 6.07) is 6.54. The van der Waals surface area contributed by atoms with Crippen LogP contribution in [0.1, 0.15) is 39.0 Å². The third-order valence-electron chi connectivity index (χ3n) is 3.79. The molecular weight excluding hydrogens is 252 g/mol. The van der Waals surface area contributed by atoms with Crippen molar-refractivity contribution in [3.05, 3.63) is 18.2 Å². The molecule has 1 aliphatic carbocycles. The van der Waals surface area contributed by atoms with Crippen LogP contribution in [0.4, 0.5) is 11.4 Å². The predicted molar refractivity (Wildman–Crippen MR) is 83.3 cm³/mol. The highest BCUT2D eigenvalue weighted by Crippen LogP contribution is 2.33. The molecule has 0 aromatic heterocycles. The average molecular weight is 278 g/mol. The topological polar surface area (TPSA) is 58.7 Å². The van der Waals surface area contributed by atoms with Crippen molar-refractivity contribution in [3.8, 4) is 5.75 Å². The van der Waals surface area contributed by atoms with E-state index in [1.807, 2.05) is 12.1 Å². The zero-order valence-electron chi connectivity index (χ0n) is 12.3. The molecule has 0 saturated heterocycles. The number of ether oxygens (including phenoxy) is 1. The van der Waals surface area contributed by atoms with Crippen molar-refractivity contribution >= 4 is 11.4 Å². The number of hydrogen-bond donors (Lipinski definition) is 2. The van der Waals surface area contributed by atoms with Gasteiger partial charge < -0.3 is 20.5 Å². The summed E-state index contributed by atoms with van der Waals surface area (Å²) in [5.74, 6) is 0.843. The number of nitrogens with two attached hydrogens (primary N) is 1. The number of rotatable bonds is 8. The first-order chi connectivity index (χ1) is 9.74. The fourth-order valence-corrected chi connectivity index (χ4v) is 2.54. The average Bonchev–Trinajstić information content (AvgIpc) is 2.38. The lowest BCUT2D eigenvalue weighted by Crippen LogP contribution is -2.41. The van der Waals surface area contributed by atoms with Crippen molar-refractivity contribution in [1.29, 1.82) is 0 Å². The Morgan fingerprint density at radius 1 is 1.35 bits per heavy atom. The van der Waals surface area contributed by atoms with Gasteiger partial charge in [0.05, 0.1) is 6.61 Å². The summed E-state index contributed by atoms with van der Waals surface area (Å²) in [4.78, 5) is 2.37. The summed E-state index contributed by atoms with van der Waals surface area (Å²) in [6.45, 7) is 3.90. The van der Waals surface area contributed by atoms with Crippen LogP contribution in [0, 0.1) is 0 Å². The fraction of sp³-hybridized carbons (Fsp3) is 0.625. The minimum absolute atomic E-state index is 0.227. The number of nitrogens with zero attached hydrogens (tertiary/aromatic N) is 1. The summed E-state index contributed by atoms with van der Waals surface area (Å²) < 4.78 is 5.71. The molecule has 1 fully saturated rings. The Kier molecular flexibility index (Phi) is 5.53. The molecule has 1 saturated carbocycles. The number of hydrogen-bond acceptors (Lipinski definition) is 4. The third-order valence-corrected chi connectivity index (χ3v) is 3.79. The van der Waals surface area contributed by atoms with Gasteiger partial charge in [0.1, 0.15) is 5.75 Å². The standard InChI is InChI=1S/C16H26N2O2/c1-2-9-20-16-11-13(17)10-15(12-16)18(7-4-8-19)14-5-3-6-14/h10-12,14,19H,2-9,17H2,1H3. The molecule has 4 heteroatoms. The molecule has 2 rings (SSSR count). The van der Waals surface area contributed by atoms with E-state index in [1.165, 1.54) is 19.3 Å². The van der Waals surface area contributed by atoms with Crippen molar-refractivity contribution in [3.63, 3.8) is 0 Å². The van der Waals surface area contributed by atoms with Gasteiger partial charge in [-0.15, -0.1) is 0 Å². The van der Waals surface area contributed by atoms with E-state index in [0.29, 0.717) is 12.6 Å². The number of aliphatic hydroxyl groups is 1. The molecule has 0 bridgehead atoms. The molecule has 0 spiro atoms. The Morgan fingerprint density at radius 2 is 2.15 bits per heavy atom. The minimum Gasteiger partial charge on any atom is -0.493 e. The van der Waals surface area contributed by atoms with E-state index in [2.05, 4.69) is 17.9 Å². The van der Waals surface area contributed by atoms with Gasteiger partial charge >= 0.3 is 0 Å². The molecule has 1 aromatic rings. The summed E-state index contributed by atoms with van der Waals surface area (Å²) in [7, 11) is 0. The van der Waals surface area contributed by atoms with Crippen LogP contribution >= 0.6 is 0 Å². The third kappa shape index (κ3) is 3.79. The molecule has 1 aromatic carbocycles. The van der Waals surface area contributed by atoms with E-state index >= 15 is 0 Å². The lowest BCUT2D eigenvalue weighted by molar-refractivity contribution is 0.283. The lowest BCUT2D eigenvalue weighted by Gasteiger charge is -2.39. The fourth-order valence-electron chi connectivity index (χ4n) is 2.54. The Hall–Kier alpha value is -1.42. The number of benzene rings is 1. The van der Waals surface area contributed by atoms with Gasteiger partial charge in [-0.3, -0.25) is 0 Å². The molecule has 3 N–H and O–H groups in total. The smallest absolute Gasteiger partial charge is 0.123 e. The van der Waals surface area contributed by atoms with Crippen LogP contribution in [0.25, 0.3) is 0 Å². The highest BCUT2D eigenvalue weighted by molar-refractivity contribution is 5.61. The van der Waals surface area contributed by atoms with Crippen LogP contribution in [-0.4, -0.2) is 30.9 Å². The van der Waals surface area contributed by atoms with Crippen molar-refractivity contribution in [2.75, 3.05) is 30.4 Å². The highest BCUT2D eigenvalue weighted by Gasteiger charge is 2.25. The van der Waals surface area contributed by atoms with E-state index in [9.17, 15) is 0 Å². The molecule has 0 heterocycles. The molecule has 20 heavy (non-hydrogen) atoms. The van der Waals surface area contributed by atoms with Crippen LogP contribution in [0.5, 0.6) is 5.75 Å². The van der Waals surface area contributed by atoms with Crippen LogP contribution in [0.2, 0.25) is 0 Å². The Morgan fingerprint density at radius 3 is 2.75 bits per heavy atom. The Balaban J connectivity index is 2.15. The van der Waals surface area contributed by atoms with Gasteiger partial charge in [0.2, 0.25) is 0 Å². The monoisotopic (exact) mass is 278 g/mol. The van der Waals surface area contributed by atoms with E-state index < -0.39 is 0 Å². The predicted octanol–water partition coefficient (Wildman–Crippen LogP) is 2.80. The molecule has 112 valence electrons. The van der Waals surface area contributed by atoms with Crippen molar-refractivity contribution < 1.29 is 9.84 Å². The van der Waals surface area contributed by atoms with Gasteiger partial charge in [-0.2, -0.15) is 0 Å². The van der Waals surface area contributed by atoms with E-state index in [0.717, 1.165) is 36.5 Å². The normalized spacial score (nSPS) is 14.9. The van der Waals surface area contributed by atoms with Crippen molar-refractivity contribution in [2.24, 2.45) is 0 Å². The van der Waals surface area contributed by atoms with Crippen LogP contribution in [0.15, 0.2) is 18.2 Å². The largest absolute Gasteiger partial charge is 0.493 e. The van der Waals surface area contributed by atoms with Gasteiger partial charge in [-0.1, -0.05) is 6.92 Å². The van der Waals surface area contributed by atoms with Crippen molar-refractivity contribution in [1.82, 2.24) is 0 Å². The van der Waals surface area contributed by atoms with E-state index in [4.69, 9.17) is 15.6 Å². The molecule has 4 nitrogen and oxygen atoms in total. The van der Waals surface area contributed by atoms with Crippen molar-refractivity contribution in [2.45, 2.75) is 45.1 Å². The quantitative estimate of drug-likeness (QED) is 0.718. The molecule has 0 atom stereocenters. The molecule has 1 aliphatic rings. The van der Waals surface area contributed by atoms with Crippen LogP contribution in [-0.2, 0) is 0 Å². The summed E-state index contributed by atoms with van der Waals surface area (Å²) in [5.41, 5.74) is 7.86. The number of nitrogen functional groups attached to an aromatic ring is 1. The molecule has 0 unspecified atom stereocenters. The van der Waals surface area contributed by atoms with Gasteiger partial charge in [0.25, 0.3) is 0 Å². The second-order valence-corrected chi connectivity index (χ2v) is 5.46. The number of anilines is 2. The molecule has 0 amide bonds. The highest BCUT2D eigenvalue weighted by atomic mass is 16.5. The maximum atomic E-state index is 9.08. The van der Waals surface area contributed by atoms with Gasteiger partial charge in [0, 0.05) is 42.7 Å². The second kappa shape index (κ2) is 7.39. The maximum absolute atomic E-state index is 9.08. The van der Waals surface area contributed by atoms with Gasteiger partial charge in [0.15, 0.2) is 0 Å². The lowest BCUT2D eigenvalue weighted by atomic mass is 9.91. The molecule has 0 radical (unpaired) electrons. The first kappa shape index (κ1) is 15.0. The van der Waals surface area contributed by atoms with Crippen LogP contribution < -0.4 is 15.4 Å². The van der Waals surface area contributed by atoms with E-state index in [1.54, 1.807) is 0 Å². The van der Waals surface area contributed by atoms with E-state index in [-0.39, 0.29) is 6.61 Å². The van der Waals surface area contributed by atoms with Gasteiger partial charge in [-0.05, 0) is 38.2 Å². The molecular formula is C16H26N2O2. The summed E-state index contributed by atoms with van der Waals surface area (Å²) in [5, 5.41) is 9.08. The SMILES string of the molecule is CCCOc1cc(N)cc(N(CCCO)C2CCC2)c1. The summed E-state index contributed by atoms with van der Waals surface area (Å²) in [6.07, 6.45) is 5.52. The zero-order chi connectivity index (χ0) is 14.4. The first-order valence-electron chi connectivity index (χ1n) is 7.65. The zero-order valence-corrected chi connectivity index (χ0v) is 12.3. The Labute approximate surface area is 121 Å². The second-order valence-electron chi connectivity index (χ2n) is 5.46. The van der Waals surface area contributed by atoms with Crippen LogP contribution in [0.3, 0.4) is 0 Å².